The number of nitrogens with zero attached hydrogens (tertiary/aromatic N) is 1. The summed E-state index contributed by atoms with van der Waals surface area (Å²) in [6.45, 7) is 7.32. The van der Waals surface area contributed by atoms with Gasteiger partial charge in [-0.1, -0.05) is 19.9 Å². The van der Waals surface area contributed by atoms with Gasteiger partial charge in [-0.25, -0.2) is 0 Å². The highest BCUT2D eigenvalue weighted by atomic mass is 16.5. The van der Waals surface area contributed by atoms with Crippen molar-refractivity contribution in [1.29, 1.82) is 0 Å². The molecule has 106 valence electrons. The number of anilines is 1. The van der Waals surface area contributed by atoms with E-state index in [1.165, 1.54) is 0 Å². The normalized spacial score (nSPS) is 22.9. The number of methoxy groups -OCH3 is 1. The molecule has 0 radical (unpaired) electrons. The Hall–Kier alpha value is -1.26. The third-order valence-electron chi connectivity index (χ3n) is 3.62. The summed E-state index contributed by atoms with van der Waals surface area (Å²) in [7, 11) is 1.68. The second kappa shape index (κ2) is 5.80. The van der Waals surface area contributed by atoms with Gasteiger partial charge in [0.2, 0.25) is 0 Å². The number of benzene rings is 1. The first-order valence-corrected chi connectivity index (χ1v) is 6.78. The zero-order chi connectivity index (χ0) is 13.9. The van der Waals surface area contributed by atoms with Crippen LogP contribution in [0, 0.1) is 5.41 Å². The van der Waals surface area contributed by atoms with E-state index in [0.29, 0.717) is 0 Å². The second-order valence-corrected chi connectivity index (χ2v) is 5.96. The summed E-state index contributed by atoms with van der Waals surface area (Å²) in [6, 6.07) is 8.15. The number of rotatable bonds is 3. The van der Waals surface area contributed by atoms with Crippen LogP contribution in [0.4, 0.5) is 5.69 Å². The molecule has 2 N–H and O–H groups in total. The van der Waals surface area contributed by atoms with Crippen molar-refractivity contribution in [3.63, 3.8) is 0 Å². The summed E-state index contributed by atoms with van der Waals surface area (Å²) in [5.41, 5.74) is 1.28. The number of nitrogens with one attached hydrogen (secondary N) is 1. The van der Waals surface area contributed by atoms with E-state index < -0.39 is 0 Å². The van der Waals surface area contributed by atoms with Gasteiger partial charge < -0.3 is 20.1 Å². The maximum atomic E-state index is 9.63. The van der Waals surface area contributed by atoms with Gasteiger partial charge in [-0.3, -0.25) is 0 Å². The minimum atomic E-state index is 0.105. The third-order valence-corrected chi connectivity index (χ3v) is 3.62. The van der Waals surface area contributed by atoms with Crippen LogP contribution in [0.25, 0.3) is 0 Å². The molecule has 0 bridgehead atoms. The van der Waals surface area contributed by atoms with Crippen molar-refractivity contribution < 1.29 is 9.84 Å². The summed E-state index contributed by atoms with van der Waals surface area (Å²) >= 11 is 0. The molecule has 0 saturated carbocycles. The Morgan fingerprint density at radius 3 is 2.95 bits per heavy atom. The third kappa shape index (κ3) is 3.39. The molecule has 19 heavy (non-hydrogen) atoms. The van der Waals surface area contributed by atoms with Crippen molar-refractivity contribution in [3.05, 3.63) is 24.3 Å². The minimum absolute atomic E-state index is 0.105. The molecule has 1 heterocycles. The largest absolute Gasteiger partial charge is 0.497 e. The Kier molecular flexibility index (Phi) is 4.32. The van der Waals surface area contributed by atoms with E-state index in [2.05, 4.69) is 30.1 Å². The van der Waals surface area contributed by atoms with Gasteiger partial charge in [-0.2, -0.15) is 0 Å². The number of aliphatic hydroxyl groups is 1. The Labute approximate surface area is 115 Å². The van der Waals surface area contributed by atoms with Crippen LogP contribution in [-0.4, -0.2) is 44.5 Å². The van der Waals surface area contributed by atoms with Gasteiger partial charge in [0, 0.05) is 31.4 Å². The lowest BCUT2D eigenvalue weighted by molar-refractivity contribution is 0.258. The van der Waals surface area contributed by atoms with Crippen molar-refractivity contribution in [3.8, 4) is 5.75 Å². The standard InChI is InChI=1S/C15H24N2O2/c1-15(2)10-16-8-13(9-18)17(11-15)12-5-4-6-14(7-12)19-3/h4-7,13,16,18H,8-11H2,1-3H3. The fourth-order valence-electron chi connectivity index (χ4n) is 2.59. The molecule has 0 aliphatic carbocycles. The van der Waals surface area contributed by atoms with Crippen molar-refractivity contribution in [2.75, 3.05) is 38.3 Å². The van der Waals surface area contributed by atoms with Gasteiger partial charge in [0.1, 0.15) is 5.75 Å². The summed E-state index contributed by atoms with van der Waals surface area (Å²) in [4.78, 5) is 2.28. The van der Waals surface area contributed by atoms with Crippen LogP contribution in [0.15, 0.2) is 24.3 Å². The van der Waals surface area contributed by atoms with Gasteiger partial charge in [-0.15, -0.1) is 0 Å². The molecule has 1 aliphatic rings. The lowest BCUT2D eigenvalue weighted by Crippen LogP contribution is -2.44. The quantitative estimate of drug-likeness (QED) is 0.868. The fourth-order valence-corrected chi connectivity index (χ4v) is 2.59. The van der Waals surface area contributed by atoms with Crippen LogP contribution in [0.2, 0.25) is 0 Å². The zero-order valence-electron chi connectivity index (χ0n) is 12.0. The lowest BCUT2D eigenvalue weighted by Gasteiger charge is -2.35. The molecular formula is C15H24N2O2. The van der Waals surface area contributed by atoms with Crippen molar-refractivity contribution in [2.24, 2.45) is 5.41 Å². The van der Waals surface area contributed by atoms with Crippen molar-refractivity contribution >= 4 is 5.69 Å². The van der Waals surface area contributed by atoms with E-state index in [4.69, 9.17) is 4.74 Å². The van der Waals surface area contributed by atoms with E-state index in [1.54, 1.807) is 7.11 Å². The number of hydrogen-bond donors (Lipinski definition) is 2. The summed E-state index contributed by atoms with van der Waals surface area (Å²) in [5.74, 6) is 0.851. The van der Waals surface area contributed by atoms with Crippen LogP contribution < -0.4 is 15.0 Å². The topological polar surface area (TPSA) is 44.7 Å². The average molecular weight is 264 g/mol. The maximum absolute atomic E-state index is 9.63. The number of hydrogen-bond acceptors (Lipinski definition) is 4. The molecule has 1 saturated heterocycles. The Morgan fingerprint density at radius 2 is 2.26 bits per heavy atom. The predicted octanol–water partition coefficient (Wildman–Crippen LogP) is 1.49. The summed E-state index contributed by atoms with van der Waals surface area (Å²) < 4.78 is 5.29. The summed E-state index contributed by atoms with van der Waals surface area (Å²) in [5, 5.41) is 13.1. The van der Waals surface area contributed by atoms with Gasteiger partial charge in [-0.05, 0) is 17.5 Å². The molecule has 1 aromatic carbocycles. The van der Waals surface area contributed by atoms with E-state index in [0.717, 1.165) is 31.1 Å². The molecule has 1 fully saturated rings. The molecule has 4 heteroatoms. The van der Waals surface area contributed by atoms with E-state index in [-0.39, 0.29) is 18.1 Å². The highest BCUT2D eigenvalue weighted by Gasteiger charge is 2.30. The van der Waals surface area contributed by atoms with Crippen molar-refractivity contribution in [1.82, 2.24) is 5.32 Å². The summed E-state index contributed by atoms with van der Waals surface area (Å²) in [6.07, 6.45) is 0. The van der Waals surface area contributed by atoms with Crippen LogP contribution >= 0.6 is 0 Å². The van der Waals surface area contributed by atoms with E-state index in [1.807, 2.05) is 18.2 Å². The first-order chi connectivity index (χ1) is 9.05. The molecule has 4 nitrogen and oxygen atoms in total. The molecule has 0 aromatic heterocycles. The van der Waals surface area contributed by atoms with Crippen LogP contribution in [0.5, 0.6) is 5.75 Å². The molecule has 2 rings (SSSR count). The highest BCUT2D eigenvalue weighted by Crippen LogP contribution is 2.28. The molecule has 1 aliphatic heterocycles. The van der Waals surface area contributed by atoms with Crippen molar-refractivity contribution in [2.45, 2.75) is 19.9 Å². The molecule has 1 atom stereocenters. The zero-order valence-corrected chi connectivity index (χ0v) is 12.0. The van der Waals surface area contributed by atoms with E-state index >= 15 is 0 Å². The number of aliphatic hydroxyl groups excluding tert-OH is 1. The second-order valence-electron chi connectivity index (χ2n) is 5.96. The van der Waals surface area contributed by atoms with Gasteiger partial charge in [0.05, 0.1) is 19.8 Å². The number of ether oxygens (including phenoxy) is 1. The van der Waals surface area contributed by atoms with E-state index in [9.17, 15) is 5.11 Å². The monoisotopic (exact) mass is 264 g/mol. The maximum Gasteiger partial charge on any atom is 0.120 e. The Bertz CT molecular complexity index is 420. The van der Waals surface area contributed by atoms with Gasteiger partial charge >= 0.3 is 0 Å². The fraction of sp³-hybridized carbons (Fsp3) is 0.600. The van der Waals surface area contributed by atoms with Crippen LogP contribution in [0.1, 0.15) is 13.8 Å². The highest BCUT2D eigenvalue weighted by molar-refractivity contribution is 5.52. The van der Waals surface area contributed by atoms with Crippen LogP contribution in [0.3, 0.4) is 0 Å². The van der Waals surface area contributed by atoms with Gasteiger partial charge in [0.25, 0.3) is 0 Å². The average Bonchev–Trinajstić information content (AvgIpc) is 2.56. The van der Waals surface area contributed by atoms with Crippen LogP contribution in [-0.2, 0) is 0 Å². The molecule has 0 amide bonds. The molecule has 1 unspecified atom stereocenters. The van der Waals surface area contributed by atoms with Gasteiger partial charge in [0.15, 0.2) is 0 Å². The molecule has 0 spiro atoms. The first kappa shape index (κ1) is 14.2. The minimum Gasteiger partial charge on any atom is -0.497 e. The first-order valence-electron chi connectivity index (χ1n) is 6.78. The Morgan fingerprint density at radius 1 is 1.47 bits per heavy atom. The smallest absolute Gasteiger partial charge is 0.120 e. The SMILES string of the molecule is COc1cccc(N2CC(C)(C)CNCC2CO)c1. The lowest BCUT2D eigenvalue weighted by atomic mass is 9.93. The predicted molar refractivity (Wildman–Crippen MR) is 77.9 cm³/mol. The molecular weight excluding hydrogens is 240 g/mol. The molecule has 1 aromatic rings. The Balaban J connectivity index is 2.30.